The van der Waals surface area contributed by atoms with Gasteiger partial charge in [0.05, 0.1) is 33.1 Å². The molecule has 7 atom stereocenters. The Hall–Kier alpha value is -6.01. The number of nitrogens with two attached hydrogens (primary N) is 2. The molecule has 4 rings (SSSR count). The summed E-state index contributed by atoms with van der Waals surface area (Å²) in [6.07, 6.45) is 0.948. The summed E-state index contributed by atoms with van der Waals surface area (Å²) in [5.41, 5.74) is 11.2. The number of methoxy groups -OCH3 is 2. The monoisotopic (exact) mass is 862 g/mol. The van der Waals surface area contributed by atoms with E-state index in [1.54, 1.807) is 83.1 Å². The number of rotatable bonds is 18. The predicted molar refractivity (Wildman–Crippen MR) is 229 cm³/mol. The van der Waals surface area contributed by atoms with E-state index in [0.717, 1.165) is 17.6 Å². The van der Waals surface area contributed by atoms with Gasteiger partial charge in [-0.15, -0.1) is 0 Å². The molecule has 3 aromatic rings. The van der Waals surface area contributed by atoms with Gasteiger partial charge in [-0.25, -0.2) is 14.6 Å². The van der Waals surface area contributed by atoms with E-state index in [9.17, 15) is 29.1 Å². The molecule has 3 unspecified atom stereocenters. The third-order valence-electron chi connectivity index (χ3n) is 11.0. The number of aliphatic hydroxyl groups excluding tert-OH is 1. The van der Waals surface area contributed by atoms with Crippen LogP contribution in [0.25, 0.3) is 0 Å². The van der Waals surface area contributed by atoms with Gasteiger partial charge in [-0.2, -0.15) is 0 Å². The smallest absolute Gasteiger partial charge is 0.410 e. The Kier molecular flexibility index (Phi) is 16.6. The van der Waals surface area contributed by atoms with Crippen molar-refractivity contribution in [3.05, 3.63) is 77.9 Å². The Labute approximate surface area is 362 Å². The van der Waals surface area contributed by atoms with Crippen molar-refractivity contribution in [2.75, 3.05) is 26.5 Å². The van der Waals surface area contributed by atoms with E-state index in [-0.39, 0.29) is 31.4 Å². The van der Waals surface area contributed by atoms with E-state index in [2.05, 4.69) is 20.6 Å². The second-order valence-electron chi connectivity index (χ2n) is 16.6. The fourth-order valence-corrected chi connectivity index (χ4v) is 7.54. The number of H-pyrrole nitrogens is 1. The molecular weight excluding hydrogens is 801 g/mol. The number of carbonyl (C=O) groups excluding carboxylic acids is 6. The van der Waals surface area contributed by atoms with Crippen LogP contribution in [0.5, 0.6) is 5.75 Å². The molecule has 0 aliphatic carbocycles. The molecule has 0 spiro atoms. The molecule has 8 N–H and O–H groups in total. The third-order valence-corrected chi connectivity index (χ3v) is 11.0. The first-order valence-corrected chi connectivity index (χ1v) is 20.7. The molecule has 18 heteroatoms. The number of ether oxygens (including phenoxy) is 3. The highest BCUT2D eigenvalue weighted by Gasteiger charge is 2.56. The van der Waals surface area contributed by atoms with Gasteiger partial charge in [-0.1, -0.05) is 44.5 Å². The van der Waals surface area contributed by atoms with Crippen LogP contribution in [0.1, 0.15) is 84.0 Å². The molecule has 62 heavy (non-hydrogen) atoms. The fourth-order valence-electron chi connectivity index (χ4n) is 7.54. The van der Waals surface area contributed by atoms with Crippen molar-refractivity contribution in [2.45, 2.75) is 121 Å². The zero-order valence-electron chi connectivity index (χ0n) is 36.8. The van der Waals surface area contributed by atoms with Crippen LogP contribution in [-0.4, -0.2) is 117 Å². The second-order valence-corrected chi connectivity index (χ2v) is 16.6. The van der Waals surface area contributed by atoms with Crippen molar-refractivity contribution in [1.29, 1.82) is 0 Å². The number of imidazole rings is 1. The largest absolute Gasteiger partial charge is 0.497 e. The number of hydrogen-bond acceptors (Lipinski definition) is 13. The minimum atomic E-state index is -2.16. The van der Waals surface area contributed by atoms with E-state index >= 15 is 4.79 Å². The molecular formula is C44H62N8O10. The van der Waals surface area contributed by atoms with Crippen LogP contribution in [0.15, 0.2) is 61.1 Å². The molecule has 0 saturated carbocycles. The van der Waals surface area contributed by atoms with Gasteiger partial charge in [0.25, 0.3) is 5.91 Å². The first-order valence-electron chi connectivity index (χ1n) is 20.7. The Balaban J connectivity index is 1.77. The maximum Gasteiger partial charge on any atom is 0.410 e. The standard InChI is InChI=1S/C44H62N8O10/c1-9-26(2)44(41(58)61-8,29-14-18-32(60-7)19-15-29)52(37(54)23-36(53)33(46)21-28-12-16-30(45)17-13-28)40(57)34(22-31-24-47-25-48-31)50-38(55)27(3)49-39(56)35-11-10-20-51(35)42(59)62-43(4,5)6/h12-19,24-27,33-36,53H,9-11,20-23,45-46H2,1-8H3,(H,47,48)(H,49,56)(H,50,55)/t26?,27?,33-,34-,35-,36?,44+/m0/s1. The van der Waals surface area contributed by atoms with Gasteiger partial charge in [-0.05, 0) is 88.3 Å². The SMILES string of the molecule is CCC(C)[C@](C(=O)OC)(c1ccc(OC)cc1)N(C(=O)CC(O)[C@@H](N)Cc1ccc(N)cc1)C(=O)[C@H](Cc1cnc[nH]1)NC(=O)C(C)NC(=O)[C@@H]1CCCN1C(=O)OC(C)(C)C. The summed E-state index contributed by atoms with van der Waals surface area (Å²) in [5.74, 6) is -4.76. The van der Waals surface area contributed by atoms with Crippen molar-refractivity contribution in [3.8, 4) is 5.75 Å². The lowest BCUT2D eigenvalue weighted by Gasteiger charge is -2.45. The van der Waals surface area contributed by atoms with Gasteiger partial charge in [-0.3, -0.25) is 29.0 Å². The summed E-state index contributed by atoms with van der Waals surface area (Å²) in [7, 11) is 2.60. The van der Waals surface area contributed by atoms with Crippen molar-refractivity contribution in [1.82, 2.24) is 30.4 Å². The molecule has 2 aromatic carbocycles. The molecule has 1 aromatic heterocycles. The highest BCUT2D eigenvalue weighted by Crippen LogP contribution is 2.41. The number of esters is 1. The number of aromatic amines is 1. The maximum atomic E-state index is 15.4. The molecule has 18 nitrogen and oxygen atoms in total. The quantitative estimate of drug-likeness (QED) is 0.0795. The van der Waals surface area contributed by atoms with Crippen molar-refractivity contribution >= 4 is 41.4 Å². The molecule has 338 valence electrons. The number of hydrogen-bond donors (Lipinski definition) is 6. The molecule has 0 bridgehead atoms. The van der Waals surface area contributed by atoms with Gasteiger partial charge >= 0.3 is 12.1 Å². The lowest BCUT2D eigenvalue weighted by molar-refractivity contribution is -0.176. The second kappa shape index (κ2) is 21.2. The first kappa shape index (κ1) is 48.7. The number of benzene rings is 2. The number of carbonyl (C=O) groups is 6. The number of likely N-dealkylation sites (tertiary alicyclic amines) is 1. The van der Waals surface area contributed by atoms with Crippen LogP contribution in [0.3, 0.4) is 0 Å². The lowest BCUT2D eigenvalue weighted by atomic mass is 9.75. The summed E-state index contributed by atoms with van der Waals surface area (Å²) in [5, 5.41) is 16.8. The number of imide groups is 1. The summed E-state index contributed by atoms with van der Waals surface area (Å²) in [4.78, 5) is 94.6. The van der Waals surface area contributed by atoms with Gasteiger partial charge < -0.3 is 46.4 Å². The van der Waals surface area contributed by atoms with Gasteiger partial charge in [0.1, 0.15) is 29.5 Å². The van der Waals surface area contributed by atoms with E-state index in [1.807, 2.05) is 0 Å². The highest BCUT2D eigenvalue weighted by molar-refractivity contribution is 6.05. The number of nitrogens with one attached hydrogen (secondary N) is 3. The van der Waals surface area contributed by atoms with Crippen LogP contribution in [0.4, 0.5) is 10.5 Å². The molecule has 1 saturated heterocycles. The Morgan fingerprint density at radius 2 is 1.66 bits per heavy atom. The number of nitrogen functional groups attached to an aromatic ring is 1. The Bertz CT molecular complexity index is 2000. The van der Waals surface area contributed by atoms with E-state index in [4.69, 9.17) is 25.7 Å². The van der Waals surface area contributed by atoms with Crippen LogP contribution in [-0.2, 0) is 51.8 Å². The minimum absolute atomic E-state index is 0.146. The van der Waals surface area contributed by atoms with Gasteiger partial charge in [0.15, 0.2) is 5.54 Å². The fraction of sp³-hybridized carbons (Fsp3) is 0.523. The average molecular weight is 863 g/mol. The molecule has 1 fully saturated rings. The Morgan fingerprint density at radius 1 is 1.00 bits per heavy atom. The minimum Gasteiger partial charge on any atom is -0.497 e. The van der Waals surface area contributed by atoms with Crippen molar-refractivity contribution < 1.29 is 48.1 Å². The van der Waals surface area contributed by atoms with Crippen LogP contribution in [0, 0.1) is 5.92 Å². The summed E-state index contributed by atoms with van der Waals surface area (Å²) < 4.78 is 16.3. The topological polar surface area (TPSA) is 262 Å². The first-order chi connectivity index (χ1) is 29.3. The maximum absolute atomic E-state index is 15.4. The average Bonchev–Trinajstić information content (AvgIpc) is 3.95. The van der Waals surface area contributed by atoms with E-state index < -0.39 is 89.4 Å². The molecule has 0 radical (unpaired) electrons. The van der Waals surface area contributed by atoms with Gasteiger partial charge in [0.2, 0.25) is 17.7 Å². The number of amides is 5. The lowest BCUT2D eigenvalue weighted by Crippen LogP contribution is -2.65. The van der Waals surface area contributed by atoms with Crippen molar-refractivity contribution in [2.24, 2.45) is 11.7 Å². The Morgan fingerprint density at radius 3 is 2.23 bits per heavy atom. The number of nitrogens with zero attached hydrogens (tertiary/aromatic N) is 3. The van der Waals surface area contributed by atoms with Crippen molar-refractivity contribution in [3.63, 3.8) is 0 Å². The molecule has 1 aliphatic rings. The number of anilines is 1. The molecule has 1 aliphatic heterocycles. The highest BCUT2D eigenvalue weighted by atomic mass is 16.6. The normalized spacial score (nSPS) is 17.3. The van der Waals surface area contributed by atoms with Crippen LogP contribution >= 0.6 is 0 Å². The van der Waals surface area contributed by atoms with E-state index in [0.29, 0.717) is 30.0 Å². The molecule has 2 heterocycles. The zero-order valence-corrected chi connectivity index (χ0v) is 36.8. The molecule has 5 amide bonds. The number of aliphatic hydroxyl groups is 1. The van der Waals surface area contributed by atoms with E-state index in [1.165, 1.54) is 31.5 Å². The van der Waals surface area contributed by atoms with Crippen LogP contribution < -0.4 is 26.8 Å². The summed E-state index contributed by atoms with van der Waals surface area (Å²) in [6, 6.07) is 8.36. The third kappa shape index (κ3) is 11.7. The predicted octanol–water partition coefficient (Wildman–Crippen LogP) is 2.72. The number of aromatic nitrogens is 2. The summed E-state index contributed by atoms with van der Waals surface area (Å²) in [6.45, 7) is 10.3. The zero-order chi connectivity index (χ0) is 45.9. The van der Waals surface area contributed by atoms with Gasteiger partial charge in [0, 0.05) is 36.6 Å². The summed E-state index contributed by atoms with van der Waals surface area (Å²) >= 11 is 0. The van der Waals surface area contributed by atoms with Crippen LogP contribution in [0.2, 0.25) is 0 Å².